The number of methoxy groups -OCH3 is 1. The SMILES string of the molecule is CO[C@@]12CC[C@@H](N[C@H](C(=O)O)C(C)C)[C@@H]3Oc4c(O)ccc5c4C31CCN(C)C2C5. The predicted molar refractivity (Wildman–Crippen MR) is 111 cm³/mol. The summed E-state index contributed by atoms with van der Waals surface area (Å²) in [5.74, 6) is -0.141. The summed E-state index contributed by atoms with van der Waals surface area (Å²) in [5.41, 5.74) is 1.51. The fourth-order valence-electron chi connectivity index (χ4n) is 7.09. The highest BCUT2D eigenvalue weighted by Crippen LogP contribution is 2.66. The Morgan fingerprint density at radius 3 is 2.80 bits per heavy atom. The molecule has 7 nitrogen and oxygen atoms in total. The van der Waals surface area contributed by atoms with Crippen molar-refractivity contribution in [3.05, 3.63) is 23.3 Å². The van der Waals surface area contributed by atoms with Gasteiger partial charge < -0.3 is 24.6 Å². The molecule has 7 heteroatoms. The number of phenols is 1. The Bertz CT molecular complexity index is 889. The summed E-state index contributed by atoms with van der Waals surface area (Å²) < 4.78 is 13.0. The van der Waals surface area contributed by atoms with Crippen molar-refractivity contribution in [1.82, 2.24) is 10.2 Å². The van der Waals surface area contributed by atoms with Gasteiger partial charge in [-0.05, 0) is 56.8 Å². The molecule has 1 spiro atoms. The Balaban J connectivity index is 1.67. The van der Waals surface area contributed by atoms with Gasteiger partial charge >= 0.3 is 5.97 Å². The monoisotopic (exact) mass is 416 g/mol. The zero-order valence-electron chi connectivity index (χ0n) is 18.1. The first-order valence-corrected chi connectivity index (χ1v) is 11.0. The number of ether oxygens (including phenoxy) is 2. The topological polar surface area (TPSA) is 91.3 Å². The summed E-state index contributed by atoms with van der Waals surface area (Å²) >= 11 is 0. The molecule has 5 rings (SSSR count). The lowest BCUT2D eigenvalue weighted by atomic mass is 9.48. The Labute approximate surface area is 177 Å². The number of benzene rings is 1. The van der Waals surface area contributed by atoms with Crippen molar-refractivity contribution >= 4 is 5.97 Å². The van der Waals surface area contributed by atoms with E-state index in [0.717, 1.165) is 37.8 Å². The molecule has 0 amide bonds. The number of aromatic hydroxyl groups is 1. The molecular weight excluding hydrogens is 384 g/mol. The van der Waals surface area contributed by atoms with Crippen molar-refractivity contribution in [2.24, 2.45) is 5.92 Å². The van der Waals surface area contributed by atoms with Crippen molar-refractivity contribution in [2.45, 2.75) is 74.8 Å². The van der Waals surface area contributed by atoms with Crippen LogP contribution in [0.5, 0.6) is 11.5 Å². The van der Waals surface area contributed by atoms with E-state index in [0.29, 0.717) is 5.75 Å². The van der Waals surface area contributed by atoms with Gasteiger partial charge in [-0.1, -0.05) is 19.9 Å². The second kappa shape index (κ2) is 6.58. The number of aliphatic carboxylic acids is 1. The number of carboxylic acids is 1. The Morgan fingerprint density at radius 2 is 2.13 bits per heavy atom. The highest BCUT2D eigenvalue weighted by atomic mass is 16.5. The number of nitrogens with zero attached hydrogens (tertiary/aromatic N) is 1. The van der Waals surface area contributed by atoms with E-state index in [9.17, 15) is 15.0 Å². The van der Waals surface area contributed by atoms with Gasteiger partial charge in [-0.3, -0.25) is 10.1 Å². The molecule has 2 heterocycles. The van der Waals surface area contributed by atoms with E-state index in [1.54, 1.807) is 13.2 Å². The molecule has 2 aliphatic carbocycles. The summed E-state index contributed by atoms with van der Waals surface area (Å²) in [6.07, 6.45) is 3.05. The molecule has 0 aromatic heterocycles. The standard InChI is InChI=1S/C23H32N2O5/c1-12(2)18(21(27)28)24-14-7-8-23(29-4)16-11-13-5-6-15(26)19-17(13)22(23,20(14)30-19)9-10-25(16)3/h5-6,12,14,16,18,20,24,26H,7-11H2,1-4H3,(H,27,28)/t14-,16?,18+,20+,22?,23-/m1/s1. The largest absolute Gasteiger partial charge is 0.504 e. The highest BCUT2D eigenvalue weighted by Gasteiger charge is 2.73. The minimum absolute atomic E-state index is 0.0431. The van der Waals surface area contributed by atoms with Gasteiger partial charge in [-0.25, -0.2) is 0 Å². The molecule has 3 N–H and O–H groups in total. The van der Waals surface area contributed by atoms with Crippen molar-refractivity contribution in [1.29, 1.82) is 0 Å². The molecule has 2 fully saturated rings. The van der Waals surface area contributed by atoms with Gasteiger partial charge in [0.05, 0.1) is 11.0 Å². The van der Waals surface area contributed by atoms with Crippen molar-refractivity contribution in [2.75, 3.05) is 20.7 Å². The number of carbonyl (C=O) groups is 1. The quantitative estimate of drug-likeness (QED) is 0.675. The summed E-state index contributed by atoms with van der Waals surface area (Å²) in [6.45, 7) is 4.77. The van der Waals surface area contributed by atoms with Crippen molar-refractivity contribution in [3.63, 3.8) is 0 Å². The summed E-state index contributed by atoms with van der Waals surface area (Å²) in [4.78, 5) is 14.3. The van der Waals surface area contributed by atoms with Crippen LogP contribution in [0.25, 0.3) is 0 Å². The maximum absolute atomic E-state index is 11.9. The lowest BCUT2D eigenvalue weighted by Gasteiger charge is -2.65. The second-order valence-corrected chi connectivity index (χ2v) is 9.87. The fraction of sp³-hybridized carbons (Fsp3) is 0.696. The number of likely N-dealkylation sites (N-methyl/N-ethyl adjacent to an activating group) is 1. The van der Waals surface area contributed by atoms with Crippen LogP contribution >= 0.6 is 0 Å². The number of rotatable bonds is 5. The van der Waals surface area contributed by atoms with Crippen molar-refractivity contribution < 1.29 is 24.5 Å². The van der Waals surface area contributed by atoms with Crippen LogP contribution < -0.4 is 10.1 Å². The number of likely N-dealkylation sites (tertiary alicyclic amines) is 1. The average molecular weight is 417 g/mol. The smallest absolute Gasteiger partial charge is 0.320 e. The van der Waals surface area contributed by atoms with Crippen LogP contribution in [0.1, 0.15) is 44.2 Å². The number of carboxylic acid groups (broad SMARTS) is 1. The summed E-state index contributed by atoms with van der Waals surface area (Å²) in [5, 5.41) is 23.9. The molecule has 1 aromatic carbocycles. The molecule has 30 heavy (non-hydrogen) atoms. The third-order valence-electron chi connectivity index (χ3n) is 8.38. The van der Waals surface area contributed by atoms with Gasteiger partial charge in [0.2, 0.25) is 0 Å². The van der Waals surface area contributed by atoms with Crippen LogP contribution in [-0.2, 0) is 21.4 Å². The van der Waals surface area contributed by atoms with Gasteiger partial charge in [0.15, 0.2) is 11.5 Å². The minimum atomic E-state index is -0.838. The van der Waals surface area contributed by atoms with Gasteiger partial charge in [0.25, 0.3) is 0 Å². The first-order chi connectivity index (χ1) is 14.3. The summed E-state index contributed by atoms with van der Waals surface area (Å²) in [7, 11) is 3.97. The maximum Gasteiger partial charge on any atom is 0.320 e. The van der Waals surface area contributed by atoms with Gasteiger partial charge in [0, 0.05) is 24.8 Å². The van der Waals surface area contributed by atoms with E-state index in [1.165, 1.54) is 5.56 Å². The van der Waals surface area contributed by atoms with Gasteiger partial charge in [-0.15, -0.1) is 0 Å². The molecular formula is C23H32N2O5. The van der Waals surface area contributed by atoms with Gasteiger partial charge in [-0.2, -0.15) is 0 Å². The van der Waals surface area contributed by atoms with Crippen LogP contribution in [0.2, 0.25) is 0 Å². The van der Waals surface area contributed by atoms with E-state index in [-0.39, 0.29) is 29.9 Å². The Hall–Kier alpha value is -1.83. The van der Waals surface area contributed by atoms with Crippen LogP contribution in [-0.4, -0.2) is 71.6 Å². The number of piperidine rings is 1. The normalized spacial score (nSPS) is 37.6. The minimum Gasteiger partial charge on any atom is -0.504 e. The highest BCUT2D eigenvalue weighted by molar-refractivity contribution is 5.74. The van der Waals surface area contributed by atoms with E-state index in [1.807, 2.05) is 19.9 Å². The zero-order chi connectivity index (χ0) is 21.4. The zero-order valence-corrected chi connectivity index (χ0v) is 18.1. The molecule has 2 aliphatic heterocycles. The average Bonchev–Trinajstić information content (AvgIpc) is 3.06. The molecule has 4 aliphatic rings. The second-order valence-electron chi connectivity index (χ2n) is 9.87. The third-order valence-corrected chi connectivity index (χ3v) is 8.38. The molecule has 1 aromatic rings. The first-order valence-electron chi connectivity index (χ1n) is 11.0. The lowest BCUT2D eigenvalue weighted by Crippen LogP contribution is -2.78. The van der Waals surface area contributed by atoms with E-state index >= 15 is 0 Å². The number of hydrogen-bond donors (Lipinski definition) is 3. The number of nitrogens with one attached hydrogen (secondary N) is 1. The van der Waals surface area contributed by atoms with Crippen LogP contribution in [0.4, 0.5) is 0 Å². The molecule has 1 saturated carbocycles. The third kappa shape index (κ3) is 2.29. The number of hydrogen-bond acceptors (Lipinski definition) is 6. The molecule has 0 radical (unpaired) electrons. The Morgan fingerprint density at radius 1 is 1.37 bits per heavy atom. The molecule has 2 unspecified atom stereocenters. The van der Waals surface area contributed by atoms with Crippen LogP contribution in [0.3, 0.4) is 0 Å². The maximum atomic E-state index is 11.9. The Kier molecular flexibility index (Phi) is 4.41. The fourth-order valence-corrected chi connectivity index (χ4v) is 7.09. The van der Waals surface area contributed by atoms with Crippen molar-refractivity contribution in [3.8, 4) is 11.5 Å². The van der Waals surface area contributed by atoms with E-state index in [2.05, 4.69) is 17.3 Å². The van der Waals surface area contributed by atoms with E-state index in [4.69, 9.17) is 9.47 Å². The lowest BCUT2D eigenvalue weighted by molar-refractivity contribution is -0.204. The molecule has 6 atom stereocenters. The van der Waals surface area contributed by atoms with Gasteiger partial charge in [0.1, 0.15) is 12.1 Å². The first kappa shape index (κ1) is 20.1. The summed E-state index contributed by atoms with van der Waals surface area (Å²) in [6, 6.07) is 3.21. The van der Waals surface area contributed by atoms with Crippen LogP contribution in [0.15, 0.2) is 12.1 Å². The molecule has 1 saturated heterocycles. The predicted octanol–water partition coefficient (Wildman–Crippen LogP) is 1.90. The molecule has 164 valence electrons. The number of phenolic OH excluding ortho intramolecular Hbond substituents is 1. The molecule has 2 bridgehead atoms. The van der Waals surface area contributed by atoms with Crippen LogP contribution in [0, 0.1) is 5.92 Å². The van der Waals surface area contributed by atoms with E-state index < -0.39 is 23.0 Å².